The molecule has 3 N–H and O–H groups in total. The molecule has 0 aromatic heterocycles. The molecule has 0 bridgehead atoms. The molecule has 0 radical (unpaired) electrons. The third-order valence-corrected chi connectivity index (χ3v) is 3.13. The van der Waals surface area contributed by atoms with Crippen molar-refractivity contribution in [1.29, 1.82) is 0 Å². The first-order valence-corrected chi connectivity index (χ1v) is 5.39. The predicted molar refractivity (Wildman–Crippen MR) is 57.4 cm³/mol. The summed E-state index contributed by atoms with van der Waals surface area (Å²) in [5.74, 6) is 0.145. The molecular weight excluding hydrogens is 247 g/mol. The molecule has 1 aromatic carbocycles. The number of halogens is 2. The van der Waals surface area contributed by atoms with Crippen molar-refractivity contribution in [2.45, 2.75) is 6.04 Å². The molecule has 2 rings (SSSR count). The normalized spacial score (nSPS) is 19.1. The first kappa shape index (κ1) is 10.1. The van der Waals surface area contributed by atoms with Crippen molar-refractivity contribution >= 4 is 15.9 Å². The van der Waals surface area contributed by atoms with Crippen molar-refractivity contribution in [3.8, 4) is 0 Å². The number of rotatable bonds is 2. The van der Waals surface area contributed by atoms with E-state index in [0.717, 1.165) is 17.6 Å². The summed E-state index contributed by atoms with van der Waals surface area (Å²) in [7, 11) is 0. The van der Waals surface area contributed by atoms with Crippen LogP contribution in [0.15, 0.2) is 22.7 Å². The predicted octanol–water partition coefficient (Wildman–Crippen LogP) is 1.81. The van der Waals surface area contributed by atoms with Gasteiger partial charge in [0.05, 0.1) is 0 Å². The number of hydrogen-bond acceptors (Lipinski definition) is 2. The van der Waals surface area contributed by atoms with Crippen molar-refractivity contribution in [3.63, 3.8) is 0 Å². The maximum atomic E-state index is 13.4. The molecule has 76 valence electrons. The maximum Gasteiger partial charge on any atom is 0.128 e. The Bertz CT molecular complexity index is 339. The molecule has 0 spiro atoms. The molecule has 1 aliphatic heterocycles. The van der Waals surface area contributed by atoms with Crippen LogP contribution in [-0.2, 0) is 0 Å². The van der Waals surface area contributed by atoms with Crippen LogP contribution in [0, 0.1) is 11.7 Å². The fourth-order valence-electron chi connectivity index (χ4n) is 1.59. The zero-order valence-corrected chi connectivity index (χ0v) is 9.22. The summed E-state index contributed by atoms with van der Waals surface area (Å²) >= 11 is 3.32. The van der Waals surface area contributed by atoms with E-state index in [9.17, 15) is 4.39 Å². The molecular formula is C10H12BrFN2. The minimum absolute atomic E-state index is 0.200. The lowest BCUT2D eigenvalue weighted by molar-refractivity contribution is 0.290. The van der Waals surface area contributed by atoms with Crippen LogP contribution >= 0.6 is 15.9 Å². The highest BCUT2D eigenvalue weighted by atomic mass is 79.9. The largest absolute Gasteiger partial charge is 0.324 e. The lowest BCUT2D eigenvalue weighted by atomic mass is 9.89. The third-order valence-electron chi connectivity index (χ3n) is 2.64. The molecule has 1 saturated heterocycles. The summed E-state index contributed by atoms with van der Waals surface area (Å²) in [4.78, 5) is 0. The lowest BCUT2D eigenvalue weighted by Crippen LogP contribution is -2.47. The Kier molecular flexibility index (Phi) is 2.85. The summed E-state index contributed by atoms with van der Waals surface area (Å²) in [6.07, 6.45) is 0. The molecule has 14 heavy (non-hydrogen) atoms. The molecule has 1 fully saturated rings. The molecule has 0 aliphatic carbocycles. The third kappa shape index (κ3) is 1.82. The molecule has 1 aliphatic rings. The molecule has 1 heterocycles. The summed E-state index contributed by atoms with van der Waals surface area (Å²) < 4.78 is 14.3. The highest BCUT2D eigenvalue weighted by Crippen LogP contribution is 2.27. The zero-order valence-electron chi connectivity index (χ0n) is 7.63. The van der Waals surface area contributed by atoms with Crippen LogP contribution in [-0.4, -0.2) is 13.1 Å². The molecule has 4 heteroatoms. The highest BCUT2D eigenvalue weighted by molar-refractivity contribution is 9.10. The number of benzene rings is 1. The van der Waals surface area contributed by atoms with Crippen molar-refractivity contribution < 1.29 is 4.39 Å². The van der Waals surface area contributed by atoms with Crippen molar-refractivity contribution in [2.24, 2.45) is 11.7 Å². The number of nitrogens with one attached hydrogen (secondary N) is 1. The second-order valence-corrected chi connectivity index (χ2v) is 4.53. The van der Waals surface area contributed by atoms with Gasteiger partial charge >= 0.3 is 0 Å². The Balaban J connectivity index is 2.24. The van der Waals surface area contributed by atoms with Crippen molar-refractivity contribution in [1.82, 2.24) is 5.32 Å². The Morgan fingerprint density at radius 3 is 2.79 bits per heavy atom. The van der Waals surface area contributed by atoms with Gasteiger partial charge in [0, 0.05) is 35.1 Å². The van der Waals surface area contributed by atoms with Gasteiger partial charge in [0.15, 0.2) is 0 Å². The van der Waals surface area contributed by atoms with E-state index in [0.29, 0.717) is 11.5 Å². The number of nitrogens with two attached hydrogens (primary N) is 1. The van der Waals surface area contributed by atoms with Crippen LogP contribution < -0.4 is 11.1 Å². The topological polar surface area (TPSA) is 38.0 Å². The van der Waals surface area contributed by atoms with Gasteiger partial charge in [0.2, 0.25) is 0 Å². The van der Waals surface area contributed by atoms with Gasteiger partial charge in [-0.25, -0.2) is 4.39 Å². The molecule has 0 amide bonds. The fourth-order valence-corrected chi connectivity index (χ4v) is 1.97. The summed E-state index contributed by atoms with van der Waals surface area (Å²) in [5.41, 5.74) is 6.57. The average molecular weight is 259 g/mol. The van der Waals surface area contributed by atoms with Gasteiger partial charge in [0.25, 0.3) is 0 Å². The van der Waals surface area contributed by atoms with E-state index in [1.807, 2.05) is 0 Å². The Hall–Kier alpha value is -0.450. The van der Waals surface area contributed by atoms with E-state index in [-0.39, 0.29) is 11.9 Å². The summed E-state index contributed by atoms with van der Waals surface area (Å²) in [5, 5.41) is 3.13. The van der Waals surface area contributed by atoms with Gasteiger partial charge in [-0.15, -0.1) is 0 Å². The molecule has 2 nitrogen and oxygen atoms in total. The van der Waals surface area contributed by atoms with Gasteiger partial charge in [-0.2, -0.15) is 0 Å². The second-order valence-electron chi connectivity index (χ2n) is 3.61. The van der Waals surface area contributed by atoms with Gasteiger partial charge in [0.1, 0.15) is 5.82 Å². The van der Waals surface area contributed by atoms with E-state index >= 15 is 0 Å². The Morgan fingerprint density at radius 2 is 2.21 bits per heavy atom. The SMILES string of the molecule is NC(c1cc(Br)ccc1F)C1CNC1. The van der Waals surface area contributed by atoms with Crippen LogP contribution in [0.5, 0.6) is 0 Å². The molecule has 0 saturated carbocycles. The smallest absolute Gasteiger partial charge is 0.128 e. The molecule has 1 aromatic rings. The van der Waals surface area contributed by atoms with Gasteiger partial charge in [-0.05, 0) is 18.2 Å². The quantitative estimate of drug-likeness (QED) is 0.850. The first-order valence-electron chi connectivity index (χ1n) is 4.59. The second kappa shape index (κ2) is 3.96. The highest BCUT2D eigenvalue weighted by Gasteiger charge is 2.27. The van der Waals surface area contributed by atoms with E-state index in [1.165, 1.54) is 6.07 Å². The van der Waals surface area contributed by atoms with E-state index in [2.05, 4.69) is 21.2 Å². The van der Waals surface area contributed by atoms with Crippen LogP contribution in [0.25, 0.3) is 0 Å². The monoisotopic (exact) mass is 258 g/mol. The fraction of sp³-hybridized carbons (Fsp3) is 0.400. The lowest BCUT2D eigenvalue weighted by Gasteiger charge is -2.32. The minimum Gasteiger partial charge on any atom is -0.324 e. The first-order chi connectivity index (χ1) is 6.68. The van der Waals surface area contributed by atoms with E-state index < -0.39 is 0 Å². The average Bonchev–Trinajstić information content (AvgIpc) is 2.06. The van der Waals surface area contributed by atoms with Gasteiger partial charge in [-0.1, -0.05) is 15.9 Å². The van der Waals surface area contributed by atoms with Crippen LogP contribution in [0.2, 0.25) is 0 Å². The van der Waals surface area contributed by atoms with E-state index in [1.54, 1.807) is 12.1 Å². The van der Waals surface area contributed by atoms with E-state index in [4.69, 9.17) is 5.73 Å². The standard InChI is InChI=1S/C10H12BrFN2/c11-7-1-2-9(12)8(3-7)10(13)6-4-14-5-6/h1-3,6,10,14H,4-5,13H2. The van der Waals surface area contributed by atoms with Gasteiger partial charge in [-0.3, -0.25) is 0 Å². The number of hydrogen-bond donors (Lipinski definition) is 2. The van der Waals surface area contributed by atoms with Crippen molar-refractivity contribution in [3.05, 3.63) is 34.1 Å². The summed E-state index contributed by atoms with van der Waals surface area (Å²) in [6.45, 7) is 1.76. The Labute approximate surface area is 90.8 Å². The van der Waals surface area contributed by atoms with Crippen LogP contribution in [0.4, 0.5) is 4.39 Å². The molecule has 1 unspecified atom stereocenters. The van der Waals surface area contributed by atoms with Gasteiger partial charge < -0.3 is 11.1 Å². The summed E-state index contributed by atoms with van der Waals surface area (Å²) in [6, 6.07) is 4.70. The van der Waals surface area contributed by atoms with Crippen LogP contribution in [0.3, 0.4) is 0 Å². The Morgan fingerprint density at radius 1 is 1.50 bits per heavy atom. The minimum atomic E-state index is -0.215. The molecule has 1 atom stereocenters. The van der Waals surface area contributed by atoms with Crippen molar-refractivity contribution in [2.75, 3.05) is 13.1 Å². The maximum absolute atomic E-state index is 13.4. The zero-order chi connectivity index (χ0) is 10.1. The van der Waals surface area contributed by atoms with Crippen LogP contribution in [0.1, 0.15) is 11.6 Å².